The summed E-state index contributed by atoms with van der Waals surface area (Å²) in [5, 5.41) is 8.42. The average Bonchev–Trinajstić information content (AvgIpc) is 2.93. The fourth-order valence-electron chi connectivity index (χ4n) is 2.66. The van der Waals surface area contributed by atoms with Crippen molar-refractivity contribution in [1.82, 2.24) is 15.0 Å². The number of ether oxygens (including phenoxy) is 1. The van der Waals surface area contributed by atoms with Crippen molar-refractivity contribution in [2.45, 2.75) is 31.7 Å². The second-order valence-corrected chi connectivity index (χ2v) is 5.20. The third kappa shape index (κ3) is 2.82. The van der Waals surface area contributed by atoms with Crippen LogP contribution in [-0.2, 0) is 13.0 Å². The van der Waals surface area contributed by atoms with Crippen LogP contribution in [0.5, 0.6) is 5.75 Å². The van der Waals surface area contributed by atoms with Crippen molar-refractivity contribution >= 4 is 0 Å². The van der Waals surface area contributed by atoms with Gasteiger partial charge < -0.3 is 10.5 Å². The highest BCUT2D eigenvalue weighted by atomic mass is 16.5. The van der Waals surface area contributed by atoms with Crippen LogP contribution in [0, 0.1) is 0 Å². The molecule has 2 heterocycles. The van der Waals surface area contributed by atoms with Gasteiger partial charge in [-0.25, -0.2) is 0 Å². The monoisotopic (exact) mass is 272 g/mol. The quantitative estimate of drug-likeness (QED) is 0.900. The van der Waals surface area contributed by atoms with Gasteiger partial charge in [-0.2, -0.15) is 0 Å². The van der Waals surface area contributed by atoms with Gasteiger partial charge in [0.1, 0.15) is 5.75 Å². The van der Waals surface area contributed by atoms with Crippen LogP contribution in [-0.4, -0.2) is 28.1 Å². The van der Waals surface area contributed by atoms with Gasteiger partial charge in [0.05, 0.1) is 12.3 Å². The molecule has 0 saturated carbocycles. The molecule has 1 aromatic carbocycles. The Bertz CT molecular complexity index is 567. The topological polar surface area (TPSA) is 66.0 Å². The number of hydrogen-bond donors (Lipinski definition) is 1. The molecule has 1 aliphatic rings. The van der Waals surface area contributed by atoms with E-state index in [-0.39, 0.29) is 0 Å². The largest absolute Gasteiger partial charge is 0.493 e. The molecule has 20 heavy (non-hydrogen) atoms. The molecule has 0 saturated heterocycles. The van der Waals surface area contributed by atoms with Crippen LogP contribution in [0.2, 0.25) is 0 Å². The lowest BCUT2D eigenvalue weighted by Gasteiger charge is -2.25. The normalized spacial score (nSPS) is 17.6. The Hall–Kier alpha value is -1.88. The molecule has 1 unspecified atom stereocenters. The van der Waals surface area contributed by atoms with E-state index < -0.39 is 0 Å². The number of rotatable bonds is 5. The van der Waals surface area contributed by atoms with E-state index in [9.17, 15) is 0 Å². The lowest BCUT2D eigenvalue weighted by atomic mass is 9.93. The van der Waals surface area contributed by atoms with Crippen molar-refractivity contribution in [3.8, 4) is 5.75 Å². The van der Waals surface area contributed by atoms with E-state index in [4.69, 9.17) is 10.5 Å². The maximum Gasteiger partial charge on any atom is 0.122 e. The van der Waals surface area contributed by atoms with Crippen LogP contribution >= 0.6 is 0 Å². The Morgan fingerprint density at radius 2 is 2.25 bits per heavy atom. The first kappa shape index (κ1) is 13.1. The van der Waals surface area contributed by atoms with Crippen LogP contribution < -0.4 is 10.5 Å². The zero-order valence-corrected chi connectivity index (χ0v) is 11.5. The summed E-state index contributed by atoms with van der Waals surface area (Å²) in [4.78, 5) is 0. The molecule has 5 nitrogen and oxygen atoms in total. The van der Waals surface area contributed by atoms with E-state index >= 15 is 0 Å². The Morgan fingerprint density at radius 1 is 1.35 bits per heavy atom. The summed E-state index contributed by atoms with van der Waals surface area (Å²) in [6.45, 7) is 2.33. The summed E-state index contributed by atoms with van der Waals surface area (Å²) in [6.07, 6.45) is 4.92. The lowest BCUT2D eigenvalue weighted by molar-refractivity contribution is 0.256. The number of benzene rings is 1. The van der Waals surface area contributed by atoms with Crippen molar-refractivity contribution in [1.29, 1.82) is 0 Å². The number of hydrogen-bond acceptors (Lipinski definition) is 4. The van der Waals surface area contributed by atoms with Crippen molar-refractivity contribution in [2.75, 3.05) is 13.2 Å². The van der Waals surface area contributed by atoms with Crippen LogP contribution in [0.1, 0.15) is 30.0 Å². The molecular weight excluding hydrogens is 252 g/mol. The molecule has 2 aromatic rings. The fraction of sp³-hybridized carbons (Fsp3) is 0.467. The van der Waals surface area contributed by atoms with Gasteiger partial charge in [-0.1, -0.05) is 23.4 Å². The van der Waals surface area contributed by atoms with E-state index in [0.717, 1.165) is 43.9 Å². The first-order chi connectivity index (χ1) is 9.86. The van der Waals surface area contributed by atoms with Crippen LogP contribution in [0.15, 0.2) is 30.5 Å². The fourth-order valence-corrected chi connectivity index (χ4v) is 2.66. The highest BCUT2D eigenvalue weighted by molar-refractivity contribution is 5.37. The Labute approximate surface area is 118 Å². The van der Waals surface area contributed by atoms with Crippen LogP contribution in [0.3, 0.4) is 0 Å². The van der Waals surface area contributed by atoms with Gasteiger partial charge in [-0.15, -0.1) is 5.10 Å². The average molecular weight is 272 g/mol. The summed E-state index contributed by atoms with van der Waals surface area (Å²) < 4.78 is 7.63. The molecule has 0 aliphatic carbocycles. The minimum absolute atomic E-state index is 0.448. The van der Waals surface area contributed by atoms with Gasteiger partial charge in [0.15, 0.2) is 0 Å². The molecule has 5 heteroatoms. The number of nitrogens with zero attached hydrogens (tertiary/aromatic N) is 3. The molecule has 3 rings (SSSR count). The minimum Gasteiger partial charge on any atom is -0.493 e. The minimum atomic E-state index is 0.448. The molecule has 0 amide bonds. The predicted molar refractivity (Wildman–Crippen MR) is 76.7 cm³/mol. The maximum atomic E-state index is 5.69. The van der Waals surface area contributed by atoms with Gasteiger partial charge in [0, 0.05) is 18.7 Å². The Kier molecular flexibility index (Phi) is 3.97. The SMILES string of the molecule is NCCCc1cn(CC2CCOc3ccccc32)nn1. The second kappa shape index (κ2) is 6.05. The summed E-state index contributed by atoms with van der Waals surface area (Å²) >= 11 is 0. The maximum absolute atomic E-state index is 5.69. The van der Waals surface area contributed by atoms with E-state index in [1.165, 1.54) is 5.56 Å². The van der Waals surface area contributed by atoms with Gasteiger partial charge in [-0.3, -0.25) is 4.68 Å². The van der Waals surface area contributed by atoms with Crippen molar-refractivity contribution in [2.24, 2.45) is 5.73 Å². The molecular formula is C15H20N4O. The number of fused-ring (bicyclic) bond motifs is 1. The zero-order chi connectivity index (χ0) is 13.8. The summed E-state index contributed by atoms with van der Waals surface area (Å²) in [7, 11) is 0. The molecule has 0 radical (unpaired) electrons. The Balaban J connectivity index is 1.71. The highest BCUT2D eigenvalue weighted by Gasteiger charge is 2.21. The molecule has 0 spiro atoms. The summed E-state index contributed by atoms with van der Waals surface area (Å²) in [5.74, 6) is 1.45. The van der Waals surface area contributed by atoms with Gasteiger partial charge >= 0.3 is 0 Å². The summed E-state index contributed by atoms with van der Waals surface area (Å²) in [5.41, 5.74) is 7.82. The molecule has 1 aromatic heterocycles. The number of para-hydroxylation sites is 1. The second-order valence-electron chi connectivity index (χ2n) is 5.20. The van der Waals surface area contributed by atoms with Gasteiger partial charge in [-0.05, 0) is 37.4 Å². The molecule has 0 fully saturated rings. The van der Waals surface area contributed by atoms with Crippen LogP contribution in [0.25, 0.3) is 0 Å². The number of nitrogens with two attached hydrogens (primary N) is 1. The standard InChI is InChI=1S/C15H20N4O/c16-8-3-4-13-11-19(18-17-13)10-12-7-9-20-15-6-2-1-5-14(12)15/h1-2,5-6,11-12H,3-4,7-10,16H2. The third-order valence-corrected chi connectivity index (χ3v) is 3.71. The molecule has 2 N–H and O–H groups in total. The van der Waals surface area contributed by atoms with Crippen molar-refractivity contribution in [3.63, 3.8) is 0 Å². The smallest absolute Gasteiger partial charge is 0.122 e. The van der Waals surface area contributed by atoms with E-state index in [0.29, 0.717) is 12.5 Å². The lowest BCUT2D eigenvalue weighted by Crippen LogP contribution is -2.18. The Morgan fingerprint density at radius 3 is 3.15 bits per heavy atom. The van der Waals surface area contributed by atoms with E-state index in [1.54, 1.807) is 0 Å². The summed E-state index contributed by atoms with van der Waals surface area (Å²) in [6, 6.07) is 8.26. The third-order valence-electron chi connectivity index (χ3n) is 3.71. The van der Waals surface area contributed by atoms with Crippen molar-refractivity contribution in [3.05, 3.63) is 41.7 Å². The van der Waals surface area contributed by atoms with Gasteiger partial charge in [0.25, 0.3) is 0 Å². The predicted octanol–water partition coefficient (Wildman–Crippen LogP) is 1.74. The first-order valence-corrected chi connectivity index (χ1v) is 7.17. The van der Waals surface area contributed by atoms with E-state index in [1.807, 2.05) is 23.0 Å². The van der Waals surface area contributed by atoms with E-state index in [2.05, 4.69) is 22.4 Å². The molecule has 1 aliphatic heterocycles. The van der Waals surface area contributed by atoms with Crippen LogP contribution in [0.4, 0.5) is 0 Å². The molecule has 106 valence electrons. The zero-order valence-electron chi connectivity index (χ0n) is 11.5. The molecule has 1 atom stereocenters. The number of aryl methyl sites for hydroxylation is 1. The highest BCUT2D eigenvalue weighted by Crippen LogP contribution is 2.34. The van der Waals surface area contributed by atoms with Gasteiger partial charge in [0.2, 0.25) is 0 Å². The first-order valence-electron chi connectivity index (χ1n) is 7.17. The molecule has 0 bridgehead atoms. The van der Waals surface area contributed by atoms with Crippen molar-refractivity contribution < 1.29 is 4.74 Å². The number of aromatic nitrogens is 3.